The molecule has 3 amide bonds. The predicted molar refractivity (Wildman–Crippen MR) is 131 cm³/mol. The molecule has 0 bridgehead atoms. The van der Waals surface area contributed by atoms with Gasteiger partial charge < -0.3 is 25.0 Å². The topological polar surface area (TPSA) is 97.0 Å². The van der Waals surface area contributed by atoms with Crippen molar-refractivity contribution < 1.29 is 23.9 Å². The lowest BCUT2D eigenvalue weighted by Gasteiger charge is -2.26. The van der Waals surface area contributed by atoms with Crippen molar-refractivity contribution in [3.05, 3.63) is 83.4 Å². The number of rotatable bonds is 6. The highest BCUT2D eigenvalue weighted by molar-refractivity contribution is 6.09. The molecule has 0 aromatic heterocycles. The first-order chi connectivity index (χ1) is 17.1. The van der Waals surface area contributed by atoms with Gasteiger partial charge in [0.2, 0.25) is 12.7 Å². The second-order valence-corrected chi connectivity index (χ2v) is 8.42. The molecule has 0 saturated carbocycles. The van der Waals surface area contributed by atoms with Gasteiger partial charge in [0.1, 0.15) is 0 Å². The van der Waals surface area contributed by atoms with Gasteiger partial charge in [-0.1, -0.05) is 18.2 Å². The predicted octanol–water partition coefficient (Wildman–Crippen LogP) is 4.11. The van der Waals surface area contributed by atoms with E-state index in [1.54, 1.807) is 53.4 Å². The Bertz CT molecular complexity index is 1270. The van der Waals surface area contributed by atoms with Gasteiger partial charge in [-0.2, -0.15) is 0 Å². The Morgan fingerprint density at radius 1 is 0.886 bits per heavy atom. The lowest BCUT2D eigenvalue weighted by Crippen LogP contribution is -2.35. The van der Waals surface area contributed by atoms with Gasteiger partial charge in [0.25, 0.3) is 11.8 Å². The summed E-state index contributed by atoms with van der Waals surface area (Å²) in [5.41, 5.74) is 2.87. The van der Waals surface area contributed by atoms with Crippen molar-refractivity contribution in [2.75, 3.05) is 23.6 Å². The summed E-state index contributed by atoms with van der Waals surface area (Å²) in [6, 6.07) is 19.3. The van der Waals surface area contributed by atoms with E-state index in [0.717, 1.165) is 24.1 Å². The van der Waals surface area contributed by atoms with Gasteiger partial charge in [0, 0.05) is 30.8 Å². The van der Waals surface area contributed by atoms with Crippen molar-refractivity contribution in [3.8, 4) is 11.5 Å². The molecule has 2 aliphatic heterocycles. The molecule has 2 heterocycles. The Kier molecular flexibility index (Phi) is 6.34. The number of para-hydroxylation sites is 1. The largest absolute Gasteiger partial charge is 0.454 e. The Morgan fingerprint density at radius 3 is 2.51 bits per heavy atom. The number of nitrogens with zero attached hydrogens (tertiary/aromatic N) is 1. The van der Waals surface area contributed by atoms with E-state index in [1.807, 2.05) is 18.2 Å². The van der Waals surface area contributed by atoms with Crippen LogP contribution in [-0.2, 0) is 11.3 Å². The molecule has 5 rings (SSSR count). The van der Waals surface area contributed by atoms with Crippen LogP contribution in [0.1, 0.15) is 45.5 Å². The summed E-state index contributed by atoms with van der Waals surface area (Å²) in [6.45, 7) is 1.19. The average Bonchev–Trinajstić information content (AvgIpc) is 3.36. The maximum atomic E-state index is 12.9. The van der Waals surface area contributed by atoms with Gasteiger partial charge >= 0.3 is 0 Å². The lowest BCUT2D eigenvalue weighted by atomic mass is 10.1. The van der Waals surface area contributed by atoms with Crippen molar-refractivity contribution in [1.82, 2.24) is 5.32 Å². The highest BCUT2D eigenvalue weighted by atomic mass is 16.7. The maximum Gasteiger partial charge on any atom is 0.255 e. The van der Waals surface area contributed by atoms with Crippen LogP contribution in [0.25, 0.3) is 0 Å². The number of nitrogens with one attached hydrogen (secondary N) is 2. The summed E-state index contributed by atoms with van der Waals surface area (Å²) >= 11 is 0. The SMILES string of the molecule is O=C(Nc1ccccc1C(=O)NCc1ccc2c(c1)OCO2)c1ccc(N2CCCCC2=O)cc1. The van der Waals surface area contributed by atoms with E-state index >= 15 is 0 Å². The van der Waals surface area contributed by atoms with E-state index in [2.05, 4.69) is 10.6 Å². The number of anilines is 2. The minimum atomic E-state index is -0.336. The number of fused-ring (bicyclic) bond motifs is 1. The summed E-state index contributed by atoms with van der Waals surface area (Å²) < 4.78 is 10.7. The Morgan fingerprint density at radius 2 is 1.69 bits per heavy atom. The van der Waals surface area contributed by atoms with E-state index in [9.17, 15) is 14.4 Å². The highest BCUT2D eigenvalue weighted by Gasteiger charge is 2.20. The Hall–Kier alpha value is -4.33. The zero-order valence-electron chi connectivity index (χ0n) is 19.1. The summed E-state index contributed by atoms with van der Waals surface area (Å²) in [7, 11) is 0. The zero-order valence-corrected chi connectivity index (χ0v) is 19.1. The van der Waals surface area contributed by atoms with Crippen LogP contribution in [0.2, 0.25) is 0 Å². The monoisotopic (exact) mass is 471 g/mol. The number of hydrogen-bond donors (Lipinski definition) is 2. The number of ether oxygens (including phenoxy) is 2. The number of amides is 3. The van der Waals surface area contributed by atoms with Crippen molar-refractivity contribution in [2.45, 2.75) is 25.8 Å². The van der Waals surface area contributed by atoms with E-state index in [0.29, 0.717) is 47.8 Å². The molecule has 0 spiro atoms. The minimum absolute atomic E-state index is 0.106. The molecule has 1 fully saturated rings. The van der Waals surface area contributed by atoms with Crippen molar-refractivity contribution in [2.24, 2.45) is 0 Å². The van der Waals surface area contributed by atoms with Crippen LogP contribution < -0.4 is 25.0 Å². The smallest absolute Gasteiger partial charge is 0.255 e. The highest BCUT2D eigenvalue weighted by Crippen LogP contribution is 2.32. The quantitative estimate of drug-likeness (QED) is 0.564. The fourth-order valence-corrected chi connectivity index (χ4v) is 4.18. The third kappa shape index (κ3) is 4.96. The fraction of sp³-hybridized carbons (Fsp3) is 0.222. The van der Waals surface area contributed by atoms with Crippen LogP contribution in [-0.4, -0.2) is 31.1 Å². The van der Waals surface area contributed by atoms with E-state index in [-0.39, 0.29) is 24.5 Å². The minimum Gasteiger partial charge on any atom is -0.454 e. The first kappa shape index (κ1) is 22.5. The fourth-order valence-electron chi connectivity index (χ4n) is 4.18. The molecule has 178 valence electrons. The van der Waals surface area contributed by atoms with E-state index in [4.69, 9.17) is 9.47 Å². The van der Waals surface area contributed by atoms with Gasteiger partial charge in [-0.15, -0.1) is 0 Å². The number of carbonyl (C=O) groups excluding carboxylic acids is 3. The number of hydrogen-bond acceptors (Lipinski definition) is 5. The van der Waals surface area contributed by atoms with Crippen LogP contribution in [0.15, 0.2) is 66.7 Å². The third-order valence-corrected chi connectivity index (χ3v) is 6.07. The van der Waals surface area contributed by atoms with Crippen molar-refractivity contribution >= 4 is 29.1 Å². The summed E-state index contributed by atoms with van der Waals surface area (Å²) in [4.78, 5) is 39.7. The molecule has 2 aliphatic rings. The van der Waals surface area contributed by atoms with Gasteiger partial charge in [-0.25, -0.2) is 0 Å². The first-order valence-corrected chi connectivity index (χ1v) is 11.6. The van der Waals surface area contributed by atoms with E-state index in [1.165, 1.54) is 0 Å². The molecule has 8 nitrogen and oxygen atoms in total. The molecule has 2 N–H and O–H groups in total. The lowest BCUT2D eigenvalue weighted by molar-refractivity contribution is -0.119. The van der Waals surface area contributed by atoms with Crippen LogP contribution in [0.5, 0.6) is 11.5 Å². The zero-order chi connectivity index (χ0) is 24.2. The number of benzene rings is 3. The standard InChI is InChI=1S/C27H25N3O5/c31-25-7-3-4-14-30(25)20-11-9-19(10-12-20)26(32)29-22-6-2-1-5-21(22)27(33)28-16-18-8-13-23-24(15-18)35-17-34-23/h1-2,5-6,8-13,15H,3-4,7,14,16-17H2,(H,28,33)(H,29,32). The van der Waals surface area contributed by atoms with Crippen LogP contribution >= 0.6 is 0 Å². The molecule has 35 heavy (non-hydrogen) atoms. The molecule has 1 saturated heterocycles. The normalized spacial score (nSPS) is 14.5. The number of piperidine rings is 1. The molecule has 0 radical (unpaired) electrons. The Balaban J connectivity index is 1.24. The van der Waals surface area contributed by atoms with Crippen LogP contribution in [0.4, 0.5) is 11.4 Å². The Labute approximate surface area is 202 Å². The number of carbonyl (C=O) groups is 3. The molecular formula is C27H25N3O5. The van der Waals surface area contributed by atoms with Crippen LogP contribution in [0.3, 0.4) is 0 Å². The molecule has 3 aromatic rings. The molecule has 0 unspecified atom stereocenters. The average molecular weight is 472 g/mol. The molecule has 8 heteroatoms. The summed E-state index contributed by atoms with van der Waals surface area (Å²) in [5.74, 6) is 0.799. The molecular weight excluding hydrogens is 446 g/mol. The third-order valence-electron chi connectivity index (χ3n) is 6.07. The van der Waals surface area contributed by atoms with Crippen molar-refractivity contribution in [3.63, 3.8) is 0 Å². The summed E-state index contributed by atoms with van der Waals surface area (Å²) in [5, 5.41) is 5.71. The van der Waals surface area contributed by atoms with Gasteiger partial charge in [-0.3, -0.25) is 14.4 Å². The van der Waals surface area contributed by atoms with E-state index < -0.39 is 0 Å². The second-order valence-electron chi connectivity index (χ2n) is 8.42. The van der Waals surface area contributed by atoms with Gasteiger partial charge in [0.15, 0.2) is 11.5 Å². The maximum absolute atomic E-state index is 12.9. The van der Waals surface area contributed by atoms with Crippen LogP contribution in [0, 0.1) is 0 Å². The van der Waals surface area contributed by atoms with Crippen molar-refractivity contribution in [1.29, 1.82) is 0 Å². The molecule has 0 aliphatic carbocycles. The summed E-state index contributed by atoms with van der Waals surface area (Å²) in [6.07, 6.45) is 2.44. The molecule has 3 aromatic carbocycles. The van der Waals surface area contributed by atoms with Gasteiger partial charge in [-0.05, 0) is 66.9 Å². The second kappa shape index (κ2) is 9.89. The van der Waals surface area contributed by atoms with Gasteiger partial charge in [0.05, 0.1) is 11.3 Å². The molecule has 0 atom stereocenters. The first-order valence-electron chi connectivity index (χ1n) is 11.6.